The van der Waals surface area contributed by atoms with Gasteiger partial charge in [0.1, 0.15) is 17.9 Å². The molecule has 0 unspecified atom stereocenters. The molecule has 2 bridgehead atoms. The van der Waals surface area contributed by atoms with Crippen molar-refractivity contribution in [2.75, 3.05) is 20.7 Å². The molecule has 1 saturated carbocycles. The van der Waals surface area contributed by atoms with Crippen LogP contribution in [0.1, 0.15) is 36.0 Å². The molecule has 34 heavy (non-hydrogen) atoms. The summed E-state index contributed by atoms with van der Waals surface area (Å²) in [4.78, 5) is 14.7. The van der Waals surface area contributed by atoms with Crippen molar-refractivity contribution in [1.29, 1.82) is 0 Å². The fraction of sp³-hybridized carbons (Fsp3) is 0.519. The zero-order valence-electron chi connectivity index (χ0n) is 19.7. The molecule has 3 N–H and O–H groups in total. The van der Waals surface area contributed by atoms with Crippen molar-refractivity contribution in [2.45, 2.75) is 61.7 Å². The highest BCUT2D eigenvalue weighted by Gasteiger charge is 2.66. The number of aliphatic carboxylic acids is 1. The van der Waals surface area contributed by atoms with E-state index in [1.165, 1.54) is 0 Å². The number of carbonyl (C=O) groups is 1. The van der Waals surface area contributed by atoms with Crippen LogP contribution in [0, 0.1) is 5.92 Å². The molecule has 2 aromatic carbocycles. The van der Waals surface area contributed by atoms with E-state index in [1.54, 1.807) is 13.2 Å². The van der Waals surface area contributed by atoms with E-state index in [0.717, 1.165) is 54.7 Å². The number of phenolic OH excluding ortho intramolecular Hbond substituents is 1. The number of nitrogens with one attached hydrogen (secondary N) is 1. The normalized spacial score (nSPS) is 31.9. The Kier molecular flexibility index (Phi) is 5.04. The fourth-order valence-corrected chi connectivity index (χ4v) is 7.47. The lowest BCUT2D eigenvalue weighted by Gasteiger charge is -2.59. The Bertz CT molecular complexity index is 1120. The average Bonchev–Trinajstić information content (AvgIpc) is 3.19. The quantitative estimate of drug-likeness (QED) is 0.606. The number of methoxy groups -OCH3 is 1. The highest BCUT2D eigenvalue weighted by Crippen LogP contribution is 2.65. The summed E-state index contributed by atoms with van der Waals surface area (Å²) in [6.45, 7) is 0.955. The van der Waals surface area contributed by atoms with Gasteiger partial charge in [0.2, 0.25) is 0 Å². The number of piperidine rings is 1. The maximum Gasteiger partial charge on any atom is 0.321 e. The van der Waals surface area contributed by atoms with Gasteiger partial charge in [0.15, 0.2) is 11.5 Å². The van der Waals surface area contributed by atoms with Crippen LogP contribution in [-0.2, 0) is 23.1 Å². The first-order chi connectivity index (χ1) is 16.4. The summed E-state index contributed by atoms with van der Waals surface area (Å²) < 4.78 is 12.3. The Morgan fingerprint density at radius 2 is 2.12 bits per heavy atom. The number of rotatable bonds is 6. The Balaban J connectivity index is 1.40. The molecule has 4 aliphatic rings. The van der Waals surface area contributed by atoms with E-state index >= 15 is 0 Å². The number of carboxylic acid groups (broad SMARTS) is 1. The third-order valence-corrected chi connectivity index (χ3v) is 8.90. The van der Waals surface area contributed by atoms with Crippen molar-refractivity contribution in [3.63, 3.8) is 0 Å². The Labute approximate surface area is 199 Å². The molecule has 2 fully saturated rings. The molecular formula is C27H32N2O5. The molecule has 6 atom stereocenters. The minimum absolute atomic E-state index is 0.117. The number of hydrogen-bond acceptors (Lipinski definition) is 6. The summed E-state index contributed by atoms with van der Waals surface area (Å²) in [5.74, 6) is 0.980. The topological polar surface area (TPSA) is 91.3 Å². The molecule has 2 aliphatic heterocycles. The molecule has 1 saturated heterocycles. The van der Waals surface area contributed by atoms with Crippen LogP contribution in [0.3, 0.4) is 0 Å². The molecule has 0 radical (unpaired) electrons. The zero-order chi connectivity index (χ0) is 23.6. The summed E-state index contributed by atoms with van der Waals surface area (Å²) in [5, 5.41) is 24.4. The first-order valence-corrected chi connectivity index (χ1v) is 12.3. The first-order valence-electron chi connectivity index (χ1n) is 12.3. The monoisotopic (exact) mass is 464 g/mol. The summed E-state index contributed by atoms with van der Waals surface area (Å²) >= 11 is 0. The number of hydrogen-bond donors (Lipinski definition) is 3. The molecule has 2 aromatic rings. The Morgan fingerprint density at radius 3 is 2.85 bits per heavy atom. The second kappa shape index (κ2) is 7.89. The van der Waals surface area contributed by atoms with Gasteiger partial charge >= 0.3 is 5.97 Å². The van der Waals surface area contributed by atoms with Crippen LogP contribution in [-0.4, -0.2) is 66.0 Å². The SMILES string of the molecule is COc1cc(O)c2c3c1C[C@@H]1[C@@H]4CC[C@@H](N[C@@H](Cc5ccccc5)C(=O)O)[C@H](O2)[C@]34CCN1C. The van der Waals surface area contributed by atoms with Gasteiger partial charge in [-0.1, -0.05) is 30.3 Å². The van der Waals surface area contributed by atoms with Crippen molar-refractivity contribution < 1.29 is 24.5 Å². The van der Waals surface area contributed by atoms with Crippen LogP contribution in [0.5, 0.6) is 17.2 Å². The predicted molar refractivity (Wildman–Crippen MR) is 127 cm³/mol. The standard InChI is InChI=1S/C27H32N2O5/c1-29-11-10-27-17-8-9-18(28-19(26(31)32)12-15-6-4-3-5-7-15)25(27)34-24-21(30)14-22(33-2)16(23(24)27)13-20(17)29/h3-7,14,17-20,25,28,30H,8-13H2,1-2H3,(H,31,32)/t17-,18+,19-,20+,25-,27-/m0/s1. The number of phenols is 1. The van der Waals surface area contributed by atoms with E-state index in [1.807, 2.05) is 30.3 Å². The smallest absolute Gasteiger partial charge is 0.321 e. The number of nitrogens with zero attached hydrogens (tertiary/aromatic N) is 1. The summed E-state index contributed by atoms with van der Waals surface area (Å²) in [6.07, 6.45) is 3.86. The molecular weight excluding hydrogens is 432 g/mol. The molecule has 7 heteroatoms. The second-order valence-electron chi connectivity index (χ2n) is 10.4. The van der Waals surface area contributed by atoms with Gasteiger partial charge < -0.3 is 24.6 Å². The van der Waals surface area contributed by atoms with Gasteiger partial charge in [0.25, 0.3) is 0 Å². The molecule has 2 aliphatic carbocycles. The van der Waals surface area contributed by atoms with Gasteiger partial charge in [0, 0.05) is 34.7 Å². The highest BCUT2D eigenvalue weighted by atomic mass is 16.5. The summed E-state index contributed by atoms with van der Waals surface area (Å²) in [7, 11) is 3.85. The molecule has 1 spiro atoms. The average molecular weight is 465 g/mol. The van der Waals surface area contributed by atoms with Crippen LogP contribution in [0.2, 0.25) is 0 Å². The van der Waals surface area contributed by atoms with E-state index < -0.39 is 12.0 Å². The van der Waals surface area contributed by atoms with Crippen molar-refractivity contribution in [2.24, 2.45) is 5.92 Å². The van der Waals surface area contributed by atoms with Crippen LogP contribution in [0.4, 0.5) is 0 Å². The van der Waals surface area contributed by atoms with Crippen LogP contribution < -0.4 is 14.8 Å². The van der Waals surface area contributed by atoms with Crippen molar-refractivity contribution in [3.8, 4) is 17.2 Å². The number of ether oxygens (including phenoxy) is 2. The summed E-state index contributed by atoms with van der Waals surface area (Å²) in [6, 6.07) is 11.0. The van der Waals surface area contributed by atoms with Crippen LogP contribution >= 0.6 is 0 Å². The van der Waals surface area contributed by atoms with Gasteiger partial charge in [-0.05, 0) is 57.2 Å². The largest absolute Gasteiger partial charge is 0.504 e. The minimum Gasteiger partial charge on any atom is -0.504 e. The lowest BCUT2D eigenvalue weighted by atomic mass is 9.51. The van der Waals surface area contributed by atoms with Crippen molar-refractivity contribution in [3.05, 3.63) is 53.1 Å². The molecule has 7 nitrogen and oxygen atoms in total. The minimum atomic E-state index is -0.853. The van der Waals surface area contributed by atoms with Gasteiger partial charge in [-0.3, -0.25) is 10.1 Å². The first kappa shape index (κ1) is 21.7. The second-order valence-corrected chi connectivity index (χ2v) is 10.4. The third-order valence-electron chi connectivity index (χ3n) is 8.90. The molecule has 2 heterocycles. The van der Waals surface area contributed by atoms with E-state index in [0.29, 0.717) is 24.1 Å². The van der Waals surface area contributed by atoms with E-state index in [9.17, 15) is 15.0 Å². The number of carboxylic acids is 1. The van der Waals surface area contributed by atoms with E-state index in [2.05, 4.69) is 17.3 Å². The molecule has 180 valence electrons. The Morgan fingerprint density at radius 1 is 1.32 bits per heavy atom. The molecule has 6 rings (SSSR count). The Hall–Kier alpha value is -2.77. The third kappa shape index (κ3) is 2.99. The molecule has 0 amide bonds. The van der Waals surface area contributed by atoms with Gasteiger partial charge in [-0.25, -0.2) is 0 Å². The van der Waals surface area contributed by atoms with Gasteiger partial charge in [0.05, 0.1) is 7.11 Å². The highest BCUT2D eigenvalue weighted by molar-refractivity contribution is 5.74. The van der Waals surface area contributed by atoms with Crippen LogP contribution in [0.15, 0.2) is 36.4 Å². The number of likely N-dealkylation sites (N-methyl/N-ethyl adjacent to an activating group) is 1. The fourth-order valence-electron chi connectivity index (χ4n) is 7.47. The summed E-state index contributed by atoms with van der Waals surface area (Å²) in [5.41, 5.74) is 3.01. The van der Waals surface area contributed by atoms with Gasteiger partial charge in [-0.15, -0.1) is 0 Å². The number of likely N-dealkylation sites (tertiary alicyclic amines) is 1. The van der Waals surface area contributed by atoms with Crippen LogP contribution in [0.25, 0.3) is 0 Å². The number of aromatic hydroxyl groups is 1. The van der Waals surface area contributed by atoms with Crippen molar-refractivity contribution >= 4 is 5.97 Å². The maximum atomic E-state index is 12.2. The lowest BCUT2D eigenvalue weighted by molar-refractivity contribution is -0.140. The zero-order valence-corrected chi connectivity index (χ0v) is 19.7. The van der Waals surface area contributed by atoms with E-state index in [4.69, 9.17) is 9.47 Å². The predicted octanol–water partition coefficient (Wildman–Crippen LogP) is 2.72. The number of benzene rings is 2. The molecule has 0 aromatic heterocycles. The van der Waals surface area contributed by atoms with E-state index in [-0.39, 0.29) is 23.3 Å². The maximum absolute atomic E-state index is 12.2. The van der Waals surface area contributed by atoms with Crippen molar-refractivity contribution in [1.82, 2.24) is 10.2 Å². The van der Waals surface area contributed by atoms with Gasteiger partial charge in [-0.2, -0.15) is 0 Å². The lowest BCUT2D eigenvalue weighted by Crippen LogP contribution is -2.69.